The van der Waals surface area contributed by atoms with E-state index in [1.165, 1.54) is 6.20 Å². The second-order valence-electron chi connectivity index (χ2n) is 3.87. The molecule has 6 heteroatoms. The van der Waals surface area contributed by atoms with Crippen LogP contribution in [0.1, 0.15) is 30.2 Å². The summed E-state index contributed by atoms with van der Waals surface area (Å²) >= 11 is 0. The standard InChI is InChI=1S/C11H13N5O/c1-8(2)16-7-10(14-15-16)13-11(17)9-4-3-5-12-6-9/h3-8H,1-2H3,(H,13,17). The van der Waals surface area contributed by atoms with Gasteiger partial charge in [-0.1, -0.05) is 5.21 Å². The molecule has 0 radical (unpaired) electrons. The molecule has 0 aromatic carbocycles. The highest BCUT2D eigenvalue weighted by Crippen LogP contribution is 2.08. The molecule has 1 N–H and O–H groups in total. The van der Waals surface area contributed by atoms with Crippen LogP contribution in [0.25, 0.3) is 0 Å². The zero-order valence-corrected chi connectivity index (χ0v) is 9.66. The second-order valence-corrected chi connectivity index (χ2v) is 3.87. The lowest BCUT2D eigenvalue weighted by atomic mass is 10.3. The Balaban J connectivity index is 2.08. The molecule has 0 unspecified atom stereocenters. The van der Waals surface area contributed by atoms with E-state index >= 15 is 0 Å². The van der Waals surface area contributed by atoms with Crippen LogP contribution in [-0.4, -0.2) is 25.9 Å². The minimum Gasteiger partial charge on any atom is -0.304 e. The summed E-state index contributed by atoms with van der Waals surface area (Å²) in [5.74, 6) is 0.196. The highest BCUT2D eigenvalue weighted by molar-refractivity contribution is 6.03. The van der Waals surface area contributed by atoms with Crippen LogP contribution >= 0.6 is 0 Å². The minimum absolute atomic E-state index is 0.214. The Kier molecular flexibility index (Phi) is 3.13. The van der Waals surface area contributed by atoms with Crippen molar-refractivity contribution in [2.75, 3.05) is 5.32 Å². The van der Waals surface area contributed by atoms with Crippen molar-refractivity contribution >= 4 is 11.7 Å². The lowest BCUT2D eigenvalue weighted by Gasteiger charge is -2.02. The van der Waals surface area contributed by atoms with Crippen molar-refractivity contribution < 1.29 is 4.79 Å². The predicted molar refractivity (Wildman–Crippen MR) is 62.6 cm³/mol. The summed E-state index contributed by atoms with van der Waals surface area (Å²) in [5.41, 5.74) is 0.492. The van der Waals surface area contributed by atoms with Gasteiger partial charge in [0.15, 0.2) is 5.82 Å². The highest BCUT2D eigenvalue weighted by Gasteiger charge is 2.09. The lowest BCUT2D eigenvalue weighted by Crippen LogP contribution is -2.12. The van der Waals surface area contributed by atoms with E-state index in [4.69, 9.17) is 0 Å². The lowest BCUT2D eigenvalue weighted by molar-refractivity contribution is 0.102. The molecule has 2 heterocycles. The predicted octanol–water partition coefficient (Wildman–Crippen LogP) is 1.51. The zero-order chi connectivity index (χ0) is 12.3. The molecule has 0 aliphatic heterocycles. The summed E-state index contributed by atoms with van der Waals surface area (Å²) in [4.78, 5) is 15.6. The Morgan fingerprint density at radius 2 is 2.29 bits per heavy atom. The number of carbonyl (C=O) groups excluding carboxylic acids is 1. The Labute approximate surface area is 98.7 Å². The first-order valence-corrected chi connectivity index (χ1v) is 5.30. The Bertz CT molecular complexity index is 506. The van der Waals surface area contributed by atoms with Crippen molar-refractivity contribution in [3.63, 3.8) is 0 Å². The molecule has 2 aromatic heterocycles. The fraction of sp³-hybridized carbons (Fsp3) is 0.273. The fourth-order valence-electron chi connectivity index (χ4n) is 1.27. The third-order valence-corrected chi connectivity index (χ3v) is 2.20. The van der Waals surface area contributed by atoms with Gasteiger partial charge in [-0.3, -0.25) is 9.78 Å². The van der Waals surface area contributed by atoms with Gasteiger partial charge in [-0.2, -0.15) is 0 Å². The molecule has 0 aliphatic carbocycles. The van der Waals surface area contributed by atoms with Crippen LogP contribution in [0.5, 0.6) is 0 Å². The van der Waals surface area contributed by atoms with Crippen LogP contribution in [-0.2, 0) is 0 Å². The van der Waals surface area contributed by atoms with E-state index in [0.29, 0.717) is 11.4 Å². The van der Waals surface area contributed by atoms with Gasteiger partial charge >= 0.3 is 0 Å². The van der Waals surface area contributed by atoms with E-state index in [9.17, 15) is 4.79 Å². The van der Waals surface area contributed by atoms with Gasteiger partial charge < -0.3 is 5.32 Å². The van der Waals surface area contributed by atoms with Crippen LogP contribution in [0.3, 0.4) is 0 Å². The van der Waals surface area contributed by atoms with E-state index < -0.39 is 0 Å². The van der Waals surface area contributed by atoms with Crippen LogP contribution in [0.15, 0.2) is 30.7 Å². The first kappa shape index (κ1) is 11.3. The number of hydrogen-bond acceptors (Lipinski definition) is 4. The van der Waals surface area contributed by atoms with Gasteiger partial charge in [-0.05, 0) is 26.0 Å². The number of rotatable bonds is 3. The van der Waals surface area contributed by atoms with E-state index in [2.05, 4.69) is 20.6 Å². The van der Waals surface area contributed by atoms with Crippen molar-refractivity contribution in [2.24, 2.45) is 0 Å². The topological polar surface area (TPSA) is 72.7 Å². The number of carbonyl (C=O) groups is 1. The number of aromatic nitrogens is 4. The molecule has 88 valence electrons. The monoisotopic (exact) mass is 231 g/mol. The Hall–Kier alpha value is -2.24. The van der Waals surface area contributed by atoms with E-state index in [0.717, 1.165) is 0 Å². The third kappa shape index (κ3) is 2.66. The van der Waals surface area contributed by atoms with Crippen molar-refractivity contribution in [3.05, 3.63) is 36.3 Å². The second kappa shape index (κ2) is 4.73. The quantitative estimate of drug-likeness (QED) is 0.868. The largest absolute Gasteiger partial charge is 0.304 e. The molecule has 6 nitrogen and oxygen atoms in total. The van der Waals surface area contributed by atoms with Gasteiger partial charge in [0.05, 0.1) is 11.8 Å². The van der Waals surface area contributed by atoms with Gasteiger partial charge in [0.1, 0.15) is 0 Å². The number of hydrogen-bond donors (Lipinski definition) is 1. The Morgan fingerprint density at radius 1 is 1.47 bits per heavy atom. The zero-order valence-electron chi connectivity index (χ0n) is 9.66. The molecule has 1 amide bonds. The maximum atomic E-state index is 11.8. The molecule has 2 rings (SSSR count). The smallest absolute Gasteiger partial charge is 0.258 e. The van der Waals surface area contributed by atoms with E-state index in [1.54, 1.807) is 29.2 Å². The number of anilines is 1. The molecule has 0 saturated heterocycles. The SMILES string of the molecule is CC(C)n1cc(NC(=O)c2cccnc2)nn1. The van der Waals surface area contributed by atoms with Crippen LogP contribution in [0.2, 0.25) is 0 Å². The number of pyridine rings is 1. The van der Waals surface area contributed by atoms with Gasteiger partial charge in [0, 0.05) is 18.4 Å². The normalized spacial score (nSPS) is 10.5. The maximum Gasteiger partial charge on any atom is 0.258 e. The van der Waals surface area contributed by atoms with Crippen LogP contribution < -0.4 is 5.32 Å². The maximum absolute atomic E-state index is 11.8. The van der Waals surface area contributed by atoms with Gasteiger partial charge in [0.2, 0.25) is 0 Å². The van der Waals surface area contributed by atoms with Gasteiger partial charge in [-0.15, -0.1) is 5.10 Å². The molecular formula is C11H13N5O. The fourth-order valence-corrected chi connectivity index (χ4v) is 1.27. The summed E-state index contributed by atoms with van der Waals surface area (Å²) in [6.45, 7) is 3.97. The first-order chi connectivity index (χ1) is 8.16. The van der Waals surface area contributed by atoms with Gasteiger partial charge in [0.25, 0.3) is 5.91 Å². The summed E-state index contributed by atoms with van der Waals surface area (Å²) in [5, 5.41) is 10.4. The average Bonchev–Trinajstić information content (AvgIpc) is 2.79. The highest BCUT2D eigenvalue weighted by atomic mass is 16.1. The molecule has 0 fully saturated rings. The number of amides is 1. The van der Waals surface area contributed by atoms with Crippen LogP contribution in [0, 0.1) is 0 Å². The van der Waals surface area contributed by atoms with E-state index in [1.807, 2.05) is 13.8 Å². The molecule has 0 aliphatic rings. The van der Waals surface area contributed by atoms with Crippen molar-refractivity contribution in [1.29, 1.82) is 0 Å². The molecule has 17 heavy (non-hydrogen) atoms. The molecule has 0 atom stereocenters. The Morgan fingerprint density at radius 3 is 2.88 bits per heavy atom. The average molecular weight is 231 g/mol. The molecule has 0 saturated carbocycles. The van der Waals surface area contributed by atoms with Crippen molar-refractivity contribution in [3.8, 4) is 0 Å². The molecule has 0 spiro atoms. The number of nitrogens with zero attached hydrogens (tertiary/aromatic N) is 4. The van der Waals surface area contributed by atoms with E-state index in [-0.39, 0.29) is 11.9 Å². The first-order valence-electron chi connectivity index (χ1n) is 5.30. The summed E-state index contributed by atoms with van der Waals surface area (Å²) in [6.07, 6.45) is 4.81. The number of nitrogens with one attached hydrogen (secondary N) is 1. The summed E-state index contributed by atoms with van der Waals surface area (Å²) < 4.78 is 1.68. The minimum atomic E-state index is -0.242. The van der Waals surface area contributed by atoms with Gasteiger partial charge in [-0.25, -0.2) is 4.68 Å². The molecule has 0 bridgehead atoms. The molecule has 2 aromatic rings. The summed E-state index contributed by atoms with van der Waals surface area (Å²) in [7, 11) is 0. The molecular weight excluding hydrogens is 218 g/mol. The summed E-state index contributed by atoms with van der Waals surface area (Å²) in [6, 6.07) is 3.61. The van der Waals surface area contributed by atoms with Crippen molar-refractivity contribution in [1.82, 2.24) is 20.0 Å². The third-order valence-electron chi connectivity index (χ3n) is 2.20. The van der Waals surface area contributed by atoms with Crippen molar-refractivity contribution in [2.45, 2.75) is 19.9 Å². The van der Waals surface area contributed by atoms with Crippen LogP contribution in [0.4, 0.5) is 5.82 Å².